The molecule has 284 valence electrons. The van der Waals surface area contributed by atoms with E-state index in [-0.39, 0.29) is 0 Å². The Morgan fingerprint density at radius 1 is 0.328 bits per heavy atom. The second kappa shape index (κ2) is 14.3. The summed E-state index contributed by atoms with van der Waals surface area (Å²) < 4.78 is 2.42. The Kier molecular flexibility index (Phi) is 8.13. The maximum atomic E-state index is 5.30. The molecule has 0 bridgehead atoms. The highest BCUT2D eigenvalue weighted by atomic mass is 15.0. The molecule has 3 heterocycles. The van der Waals surface area contributed by atoms with Crippen molar-refractivity contribution in [1.29, 1.82) is 0 Å². The fourth-order valence-corrected chi connectivity index (χ4v) is 9.06. The number of para-hydroxylation sites is 2. The fourth-order valence-electron chi connectivity index (χ4n) is 9.06. The van der Waals surface area contributed by atoms with E-state index in [2.05, 4.69) is 199 Å². The largest absolute Gasteiger partial charge is 0.309 e. The molecule has 0 aliphatic rings. The van der Waals surface area contributed by atoms with Crippen molar-refractivity contribution in [2.24, 2.45) is 0 Å². The van der Waals surface area contributed by atoms with Crippen LogP contribution in [0, 0.1) is 0 Å². The van der Waals surface area contributed by atoms with E-state index in [4.69, 9.17) is 15.0 Å². The first-order valence-electron chi connectivity index (χ1n) is 20.7. The van der Waals surface area contributed by atoms with Gasteiger partial charge < -0.3 is 4.57 Å². The second-order valence-corrected chi connectivity index (χ2v) is 15.6. The van der Waals surface area contributed by atoms with Gasteiger partial charge in [-0.1, -0.05) is 164 Å². The maximum absolute atomic E-state index is 5.30. The van der Waals surface area contributed by atoms with Gasteiger partial charge in [0.1, 0.15) is 0 Å². The van der Waals surface area contributed by atoms with Crippen LogP contribution >= 0.6 is 0 Å². The van der Waals surface area contributed by atoms with Gasteiger partial charge in [-0.15, -0.1) is 0 Å². The molecule has 0 unspecified atom stereocenters. The first-order chi connectivity index (χ1) is 30.2. The summed E-state index contributed by atoms with van der Waals surface area (Å²) in [5.41, 5.74) is 13.7. The van der Waals surface area contributed by atoms with Crippen LogP contribution in [0.3, 0.4) is 0 Å². The van der Waals surface area contributed by atoms with Gasteiger partial charge in [-0.2, -0.15) is 0 Å². The van der Waals surface area contributed by atoms with Gasteiger partial charge in [-0.05, 0) is 81.9 Å². The molecule has 9 aromatic carbocycles. The number of fused-ring (bicyclic) bond motifs is 7. The van der Waals surface area contributed by atoms with Crippen LogP contribution in [0.1, 0.15) is 0 Å². The topological polar surface area (TPSA) is 43.6 Å². The van der Waals surface area contributed by atoms with Crippen molar-refractivity contribution in [3.63, 3.8) is 0 Å². The molecule has 0 aliphatic heterocycles. The van der Waals surface area contributed by atoms with Crippen LogP contribution in [0.25, 0.3) is 116 Å². The number of nitrogens with zero attached hydrogens (tertiary/aromatic N) is 4. The van der Waals surface area contributed by atoms with Crippen LogP contribution in [0.5, 0.6) is 0 Å². The summed E-state index contributed by atoms with van der Waals surface area (Å²) in [6.07, 6.45) is 0. The minimum absolute atomic E-state index is 0.707. The third kappa shape index (κ3) is 5.96. The third-order valence-electron chi connectivity index (χ3n) is 11.9. The lowest BCUT2D eigenvalue weighted by molar-refractivity contribution is 1.18. The van der Waals surface area contributed by atoms with Crippen LogP contribution in [0.2, 0.25) is 0 Å². The summed E-state index contributed by atoms with van der Waals surface area (Å²) >= 11 is 0. The molecular formula is C57H36N4. The zero-order valence-corrected chi connectivity index (χ0v) is 33.1. The zero-order chi connectivity index (χ0) is 40.3. The van der Waals surface area contributed by atoms with Crippen molar-refractivity contribution < 1.29 is 0 Å². The van der Waals surface area contributed by atoms with Gasteiger partial charge in [0.25, 0.3) is 0 Å². The van der Waals surface area contributed by atoms with Crippen molar-refractivity contribution in [3.05, 3.63) is 218 Å². The highest BCUT2D eigenvalue weighted by Crippen LogP contribution is 2.43. The van der Waals surface area contributed by atoms with Crippen molar-refractivity contribution in [3.8, 4) is 62.0 Å². The second-order valence-electron chi connectivity index (χ2n) is 15.6. The Morgan fingerprint density at radius 2 is 0.951 bits per heavy atom. The standard InChI is InChI=1S/C57H36N4/c1-5-16-38(17-6-1)51-36-52(60-57(59-51)40-20-9-3-10-21-40)42-31-29-37-28-30-41(32-43(37)33-42)45-25-15-27-53-55(45)49-34-48-47(35-54(49)61(53)44-22-11-4-12-23-44)46-24-13-14-26-50(46)58-56(48)39-18-7-2-8-19-39/h1-36H. The summed E-state index contributed by atoms with van der Waals surface area (Å²) in [5.74, 6) is 0.707. The van der Waals surface area contributed by atoms with Gasteiger partial charge in [0.2, 0.25) is 0 Å². The van der Waals surface area contributed by atoms with Gasteiger partial charge in [0.15, 0.2) is 5.82 Å². The van der Waals surface area contributed by atoms with E-state index in [1.165, 1.54) is 27.1 Å². The van der Waals surface area contributed by atoms with E-state index in [1.807, 2.05) is 24.3 Å². The van der Waals surface area contributed by atoms with E-state index < -0.39 is 0 Å². The molecule has 0 saturated carbocycles. The van der Waals surface area contributed by atoms with Gasteiger partial charge in [0, 0.05) is 49.5 Å². The molecule has 0 fully saturated rings. The molecule has 61 heavy (non-hydrogen) atoms. The fraction of sp³-hybridized carbons (Fsp3) is 0. The number of rotatable bonds is 6. The predicted molar refractivity (Wildman–Crippen MR) is 254 cm³/mol. The van der Waals surface area contributed by atoms with E-state index in [0.29, 0.717) is 5.82 Å². The molecule has 0 atom stereocenters. The summed E-state index contributed by atoms with van der Waals surface area (Å²) in [5, 5.41) is 8.18. The molecule has 12 aromatic rings. The molecule has 0 amide bonds. The van der Waals surface area contributed by atoms with Gasteiger partial charge in [-0.3, -0.25) is 0 Å². The van der Waals surface area contributed by atoms with E-state index in [0.717, 1.165) is 83.3 Å². The number of hydrogen-bond acceptors (Lipinski definition) is 3. The normalized spacial score (nSPS) is 11.6. The summed E-state index contributed by atoms with van der Waals surface area (Å²) in [6.45, 7) is 0. The van der Waals surface area contributed by atoms with Crippen LogP contribution in [-0.2, 0) is 0 Å². The molecule has 0 N–H and O–H groups in total. The van der Waals surface area contributed by atoms with Gasteiger partial charge in [0.05, 0.1) is 33.6 Å². The molecule has 0 saturated heterocycles. The van der Waals surface area contributed by atoms with Crippen molar-refractivity contribution in [2.45, 2.75) is 0 Å². The molecule has 12 rings (SSSR count). The quantitative estimate of drug-likeness (QED) is 0.158. The number of pyridine rings is 1. The van der Waals surface area contributed by atoms with Crippen LogP contribution in [-0.4, -0.2) is 19.5 Å². The molecule has 0 aliphatic carbocycles. The molecule has 3 aromatic heterocycles. The highest BCUT2D eigenvalue weighted by Gasteiger charge is 2.20. The first kappa shape index (κ1) is 34.8. The van der Waals surface area contributed by atoms with Crippen LogP contribution < -0.4 is 0 Å². The van der Waals surface area contributed by atoms with E-state index in [1.54, 1.807) is 0 Å². The summed E-state index contributed by atoms with van der Waals surface area (Å²) in [4.78, 5) is 15.5. The molecule has 0 spiro atoms. The minimum atomic E-state index is 0.707. The average Bonchev–Trinajstić information content (AvgIpc) is 3.67. The zero-order valence-electron chi connectivity index (χ0n) is 33.1. The van der Waals surface area contributed by atoms with E-state index >= 15 is 0 Å². The highest BCUT2D eigenvalue weighted by molar-refractivity contribution is 6.23. The molecular weight excluding hydrogens is 741 g/mol. The average molecular weight is 777 g/mol. The number of benzene rings is 9. The maximum Gasteiger partial charge on any atom is 0.160 e. The molecule has 4 heteroatoms. The Labute approximate surface area is 352 Å². The van der Waals surface area contributed by atoms with E-state index in [9.17, 15) is 0 Å². The smallest absolute Gasteiger partial charge is 0.160 e. The van der Waals surface area contributed by atoms with Crippen LogP contribution in [0.4, 0.5) is 0 Å². The van der Waals surface area contributed by atoms with Crippen LogP contribution in [0.15, 0.2) is 218 Å². The Morgan fingerprint density at radius 3 is 1.70 bits per heavy atom. The number of hydrogen-bond donors (Lipinski definition) is 0. The van der Waals surface area contributed by atoms with Crippen molar-refractivity contribution >= 4 is 54.3 Å². The monoisotopic (exact) mass is 776 g/mol. The SMILES string of the molecule is c1ccc(-c2cc(-c3ccc4ccc(-c5cccc6c5c5cc7c(-c8ccccc8)nc8ccccc8c7cc5n6-c5ccccc5)cc4c3)nc(-c3ccccc3)n2)cc1. The lowest BCUT2D eigenvalue weighted by Gasteiger charge is -2.12. The minimum Gasteiger partial charge on any atom is -0.309 e. The van der Waals surface area contributed by atoms with Crippen molar-refractivity contribution in [1.82, 2.24) is 19.5 Å². The summed E-state index contributed by atoms with van der Waals surface area (Å²) in [6, 6.07) is 77.5. The molecule has 0 radical (unpaired) electrons. The van der Waals surface area contributed by atoms with Gasteiger partial charge in [-0.25, -0.2) is 15.0 Å². The lowest BCUT2D eigenvalue weighted by atomic mass is 9.94. The lowest BCUT2D eigenvalue weighted by Crippen LogP contribution is -1.95. The Hall–Kier alpha value is -8.21. The molecule has 4 nitrogen and oxygen atoms in total. The van der Waals surface area contributed by atoms with Gasteiger partial charge >= 0.3 is 0 Å². The Bertz CT molecular complexity index is 3560. The summed E-state index contributed by atoms with van der Waals surface area (Å²) in [7, 11) is 0. The number of aromatic nitrogens is 4. The predicted octanol–water partition coefficient (Wildman–Crippen LogP) is 14.8. The van der Waals surface area contributed by atoms with Crippen molar-refractivity contribution in [2.75, 3.05) is 0 Å². The Balaban J connectivity index is 1.09. The first-order valence-corrected chi connectivity index (χ1v) is 20.7. The third-order valence-corrected chi connectivity index (χ3v) is 11.9.